The highest BCUT2D eigenvalue weighted by molar-refractivity contribution is 5.26. The zero-order chi connectivity index (χ0) is 9.97. The molecule has 6 nitrogen and oxygen atoms in total. The number of anilines is 1. The molecule has 0 radical (unpaired) electrons. The first-order chi connectivity index (χ1) is 6.77. The van der Waals surface area contributed by atoms with E-state index in [9.17, 15) is 0 Å². The van der Waals surface area contributed by atoms with Crippen LogP contribution < -0.4 is 4.90 Å². The van der Waals surface area contributed by atoms with E-state index in [1.165, 1.54) is 12.8 Å². The molecule has 78 valence electrons. The van der Waals surface area contributed by atoms with Crippen molar-refractivity contribution >= 4 is 5.95 Å². The van der Waals surface area contributed by atoms with Crippen LogP contribution in [0.2, 0.25) is 0 Å². The van der Waals surface area contributed by atoms with Crippen LogP contribution in [0, 0.1) is 0 Å². The highest BCUT2D eigenvalue weighted by Gasteiger charge is 2.22. The molecule has 0 amide bonds. The molecule has 1 saturated heterocycles. The van der Waals surface area contributed by atoms with Gasteiger partial charge in [0.1, 0.15) is 0 Å². The predicted molar refractivity (Wildman–Crippen MR) is 53.1 cm³/mol. The lowest BCUT2D eigenvalue weighted by molar-refractivity contribution is 0.252. The topological polar surface area (TPSA) is 60.9 Å². The van der Waals surface area contributed by atoms with Crippen LogP contribution in [0.3, 0.4) is 0 Å². The molecule has 1 N–H and O–H groups in total. The monoisotopic (exact) mass is 196 g/mol. The van der Waals surface area contributed by atoms with E-state index in [1.807, 2.05) is 7.05 Å². The second-order valence-electron chi connectivity index (χ2n) is 3.86. The van der Waals surface area contributed by atoms with Gasteiger partial charge in [-0.2, -0.15) is 5.21 Å². The Balaban J connectivity index is 1.95. The zero-order valence-electron chi connectivity index (χ0n) is 8.64. The summed E-state index contributed by atoms with van der Waals surface area (Å²) in [5, 5.41) is 14.0. The van der Waals surface area contributed by atoms with Gasteiger partial charge in [-0.05, 0) is 38.2 Å². The number of nitrogens with zero attached hydrogens (tertiary/aromatic N) is 5. The van der Waals surface area contributed by atoms with E-state index >= 15 is 0 Å². The predicted octanol–water partition coefficient (Wildman–Crippen LogP) is -0.270. The van der Waals surface area contributed by atoms with E-state index in [0.29, 0.717) is 12.0 Å². The first-order valence-corrected chi connectivity index (χ1v) is 4.92. The maximum Gasteiger partial charge on any atom is 0.265 e. The fraction of sp³-hybridized carbons (Fsp3) is 0.875. The van der Waals surface area contributed by atoms with Crippen LogP contribution in [0.15, 0.2) is 0 Å². The van der Waals surface area contributed by atoms with Crippen molar-refractivity contribution in [3.63, 3.8) is 0 Å². The van der Waals surface area contributed by atoms with Gasteiger partial charge in [0.15, 0.2) is 0 Å². The summed E-state index contributed by atoms with van der Waals surface area (Å²) < 4.78 is 0. The van der Waals surface area contributed by atoms with E-state index in [0.717, 1.165) is 13.1 Å². The van der Waals surface area contributed by atoms with Crippen molar-refractivity contribution in [3.05, 3.63) is 0 Å². The second-order valence-corrected chi connectivity index (χ2v) is 3.86. The standard InChI is InChI=1S/C8H16N6/c1-13-5-3-7(4-6-13)14(2)8-9-11-12-10-8/h7H,3-6H2,1-2H3,(H,9,10,11,12). The molecule has 1 aromatic heterocycles. The number of rotatable bonds is 2. The van der Waals surface area contributed by atoms with Crippen LogP contribution in [-0.4, -0.2) is 58.8 Å². The van der Waals surface area contributed by atoms with Crippen molar-refractivity contribution in [1.29, 1.82) is 0 Å². The van der Waals surface area contributed by atoms with Crippen molar-refractivity contribution in [2.45, 2.75) is 18.9 Å². The van der Waals surface area contributed by atoms with Crippen LogP contribution in [0.4, 0.5) is 5.95 Å². The van der Waals surface area contributed by atoms with Gasteiger partial charge in [-0.3, -0.25) is 0 Å². The maximum atomic E-state index is 3.98. The molecule has 0 aromatic carbocycles. The number of H-pyrrole nitrogens is 1. The molecule has 0 atom stereocenters. The summed E-state index contributed by atoms with van der Waals surface area (Å²) in [7, 11) is 4.19. The number of aromatic amines is 1. The van der Waals surface area contributed by atoms with Gasteiger partial charge in [-0.15, -0.1) is 5.10 Å². The lowest BCUT2D eigenvalue weighted by Crippen LogP contribution is -2.42. The van der Waals surface area contributed by atoms with E-state index in [4.69, 9.17) is 0 Å². The van der Waals surface area contributed by atoms with Crippen LogP contribution >= 0.6 is 0 Å². The van der Waals surface area contributed by atoms with Gasteiger partial charge in [0.2, 0.25) is 0 Å². The van der Waals surface area contributed by atoms with Crippen molar-refractivity contribution < 1.29 is 0 Å². The molecule has 14 heavy (non-hydrogen) atoms. The van der Waals surface area contributed by atoms with Gasteiger partial charge in [-0.25, -0.2) is 0 Å². The molecule has 1 aromatic rings. The van der Waals surface area contributed by atoms with Gasteiger partial charge in [0, 0.05) is 13.1 Å². The average Bonchev–Trinajstić information content (AvgIpc) is 2.71. The highest BCUT2D eigenvalue weighted by Crippen LogP contribution is 2.16. The van der Waals surface area contributed by atoms with E-state index in [2.05, 4.69) is 37.5 Å². The van der Waals surface area contributed by atoms with Gasteiger partial charge in [0.05, 0.1) is 0 Å². The third-order valence-electron chi connectivity index (χ3n) is 2.89. The van der Waals surface area contributed by atoms with Crippen LogP contribution in [-0.2, 0) is 0 Å². The van der Waals surface area contributed by atoms with Crippen LogP contribution in [0.1, 0.15) is 12.8 Å². The van der Waals surface area contributed by atoms with Crippen molar-refractivity contribution in [3.8, 4) is 0 Å². The number of hydrogen-bond donors (Lipinski definition) is 1. The Hall–Kier alpha value is -1.17. The van der Waals surface area contributed by atoms with E-state index in [1.54, 1.807) is 0 Å². The lowest BCUT2D eigenvalue weighted by atomic mass is 10.0. The van der Waals surface area contributed by atoms with E-state index < -0.39 is 0 Å². The van der Waals surface area contributed by atoms with Gasteiger partial charge in [-0.1, -0.05) is 5.10 Å². The smallest absolute Gasteiger partial charge is 0.265 e. The van der Waals surface area contributed by atoms with Crippen molar-refractivity contribution in [2.75, 3.05) is 32.1 Å². The number of hydrogen-bond acceptors (Lipinski definition) is 5. The Morgan fingerprint density at radius 2 is 2.14 bits per heavy atom. The SMILES string of the molecule is CN1CCC(N(C)c2nn[nH]n2)CC1. The fourth-order valence-electron chi connectivity index (χ4n) is 1.85. The Morgan fingerprint density at radius 3 is 2.71 bits per heavy atom. The van der Waals surface area contributed by atoms with Crippen LogP contribution in [0.25, 0.3) is 0 Å². The summed E-state index contributed by atoms with van der Waals surface area (Å²) in [6.45, 7) is 2.29. The molecule has 1 aliphatic heterocycles. The Morgan fingerprint density at radius 1 is 1.43 bits per heavy atom. The average molecular weight is 196 g/mol. The molecule has 0 saturated carbocycles. The Kier molecular flexibility index (Phi) is 2.62. The van der Waals surface area contributed by atoms with Gasteiger partial charge >= 0.3 is 0 Å². The van der Waals surface area contributed by atoms with Gasteiger partial charge in [0.25, 0.3) is 5.95 Å². The summed E-state index contributed by atoms with van der Waals surface area (Å²) in [4.78, 5) is 4.46. The molecule has 6 heteroatoms. The summed E-state index contributed by atoms with van der Waals surface area (Å²) in [5.74, 6) is 0.694. The minimum Gasteiger partial charge on any atom is -0.338 e. The fourth-order valence-corrected chi connectivity index (χ4v) is 1.85. The third kappa shape index (κ3) is 1.84. The molecular formula is C8H16N6. The molecule has 0 spiro atoms. The molecule has 1 fully saturated rings. The van der Waals surface area contributed by atoms with Crippen LogP contribution in [0.5, 0.6) is 0 Å². The number of aromatic nitrogens is 4. The number of piperidine rings is 1. The Bertz CT molecular complexity index is 263. The lowest BCUT2D eigenvalue weighted by Gasteiger charge is -2.34. The minimum atomic E-state index is 0.545. The zero-order valence-corrected chi connectivity index (χ0v) is 8.64. The quantitative estimate of drug-likeness (QED) is 0.705. The molecular weight excluding hydrogens is 180 g/mol. The summed E-state index contributed by atoms with van der Waals surface area (Å²) in [6, 6.07) is 0.545. The summed E-state index contributed by atoms with van der Waals surface area (Å²) in [5.41, 5.74) is 0. The number of likely N-dealkylation sites (tertiary alicyclic amines) is 1. The third-order valence-corrected chi connectivity index (χ3v) is 2.89. The summed E-state index contributed by atoms with van der Waals surface area (Å²) >= 11 is 0. The second kappa shape index (κ2) is 3.91. The first-order valence-electron chi connectivity index (χ1n) is 4.92. The molecule has 2 heterocycles. The molecule has 1 aliphatic rings. The maximum absolute atomic E-state index is 3.98. The largest absolute Gasteiger partial charge is 0.338 e. The Labute approximate surface area is 83.3 Å². The first kappa shape index (κ1) is 9.39. The molecule has 0 aliphatic carbocycles. The number of nitrogens with one attached hydrogen (secondary N) is 1. The minimum absolute atomic E-state index is 0.545. The van der Waals surface area contributed by atoms with Crippen molar-refractivity contribution in [1.82, 2.24) is 25.5 Å². The summed E-state index contributed by atoms with van der Waals surface area (Å²) in [6.07, 6.45) is 2.34. The van der Waals surface area contributed by atoms with Crippen molar-refractivity contribution in [2.24, 2.45) is 0 Å². The van der Waals surface area contributed by atoms with E-state index in [-0.39, 0.29) is 0 Å². The highest BCUT2D eigenvalue weighted by atomic mass is 15.5. The molecule has 2 rings (SSSR count). The van der Waals surface area contributed by atoms with Gasteiger partial charge < -0.3 is 9.80 Å². The normalized spacial score (nSPS) is 19.9. The number of tetrazole rings is 1. The molecule has 0 unspecified atom stereocenters. The molecule has 0 bridgehead atoms.